The van der Waals surface area contributed by atoms with Crippen molar-refractivity contribution in [2.75, 3.05) is 14.2 Å². The maximum absolute atomic E-state index is 13.1. The molecule has 1 aliphatic rings. The quantitative estimate of drug-likeness (QED) is 0.249. The van der Waals surface area contributed by atoms with E-state index < -0.39 is 24.1 Å². The highest BCUT2D eigenvalue weighted by Gasteiger charge is 2.35. The lowest BCUT2D eigenvalue weighted by atomic mass is 9.67. The molecule has 1 aromatic carbocycles. The van der Waals surface area contributed by atoms with Crippen molar-refractivity contribution in [3.05, 3.63) is 46.8 Å². The number of hydrogen-bond donors (Lipinski definition) is 2. The Kier molecular flexibility index (Phi) is 9.55. The van der Waals surface area contributed by atoms with Crippen LogP contribution in [0.5, 0.6) is 5.88 Å². The van der Waals surface area contributed by atoms with E-state index in [9.17, 15) is 14.4 Å². The molecule has 11 heteroatoms. The molecule has 2 unspecified atom stereocenters. The van der Waals surface area contributed by atoms with Crippen molar-refractivity contribution >= 4 is 29.4 Å². The van der Waals surface area contributed by atoms with Crippen LogP contribution in [0.3, 0.4) is 0 Å². The van der Waals surface area contributed by atoms with E-state index in [4.69, 9.17) is 25.8 Å². The van der Waals surface area contributed by atoms with Crippen LogP contribution in [-0.2, 0) is 25.5 Å². The zero-order valence-corrected chi connectivity index (χ0v) is 25.0. The highest BCUT2D eigenvalue weighted by Crippen LogP contribution is 2.45. The molecule has 2 aromatic heterocycles. The number of ether oxygens (including phenoxy) is 3. The zero-order valence-electron chi connectivity index (χ0n) is 25.0. The van der Waals surface area contributed by atoms with Gasteiger partial charge in [0, 0.05) is 11.1 Å². The molecule has 0 bridgehead atoms. The average Bonchev–Trinajstić information content (AvgIpc) is 3.48. The lowest BCUT2D eigenvalue weighted by Gasteiger charge is -2.38. The van der Waals surface area contributed by atoms with Crippen molar-refractivity contribution in [3.63, 3.8) is 0 Å². The van der Waals surface area contributed by atoms with Crippen molar-refractivity contribution in [2.45, 2.75) is 65.8 Å². The number of nitrogens with zero attached hydrogens (tertiary/aromatic N) is 3. The third-order valence-electron chi connectivity index (χ3n) is 8.29. The van der Waals surface area contributed by atoms with Gasteiger partial charge in [0.1, 0.15) is 5.65 Å². The van der Waals surface area contributed by atoms with E-state index in [1.165, 1.54) is 18.7 Å². The molecule has 42 heavy (non-hydrogen) atoms. The third kappa shape index (κ3) is 6.75. The van der Waals surface area contributed by atoms with E-state index in [0.717, 1.165) is 29.5 Å². The van der Waals surface area contributed by atoms with E-state index in [1.807, 2.05) is 31.2 Å². The Balaban J connectivity index is 1.73. The Hall–Kier alpha value is -4.33. The van der Waals surface area contributed by atoms with Crippen LogP contribution in [0.4, 0.5) is 10.5 Å². The number of H-pyrrole nitrogens is 1. The molecule has 224 valence electrons. The lowest BCUT2D eigenvalue weighted by molar-refractivity contribution is -0.143. The van der Waals surface area contributed by atoms with Gasteiger partial charge in [-0.15, -0.1) is 0 Å². The first-order valence-electron chi connectivity index (χ1n) is 14.2. The molecule has 0 saturated heterocycles. The summed E-state index contributed by atoms with van der Waals surface area (Å²) in [5.74, 6) is 1.23. The molecule has 2 N–H and O–H groups in total. The molecule has 1 amide bonds. The molecular weight excluding hydrogens is 538 g/mol. The summed E-state index contributed by atoms with van der Waals surface area (Å²) >= 11 is 0. The first-order valence-corrected chi connectivity index (χ1v) is 14.2. The smallest absolute Gasteiger partial charge is 0.413 e. The van der Waals surface area contributed by atoms with Gasteiger partial charge in [0.05, 0.1) is 39.7 Å². The first-order chi connectivity index (χ1) is 20.0. The number of rotatable bonds is 9. The van der Waals surface area contributed by atoms with Crippen LogP contribution >= 0.6 is 0 Å². The van der Waals surface area contributed by atoms with Gasteiger partial charge in [-0.25, -0.2) is 19.1 Å². The lowest BCUT2D eigenvalue weighted by Crippen LogP contribution is -2.40. The largest absolute Gasteiger partial charge is 0.469 e. The Morgan fingerprint density at radius 1 is 1.07 bits per heavy atom. The molecule has 0 aliphatic heterocycles. The molecule has 0 radical (unpaired) electrons. The van der Waals surface area contributed by atoms with Gasteiger partial charge in [0.25, 0.3) is 5.69 Å². The standard InChI is InChI=1S/C31H39N5O6/c1-17-8-10-21(11-9-17)28-34-29-24(16-23-19(3)12-18(2)13-20(23)4)27(32-5)30(36(29)35-28)42-31(39)33-22(14-25(37)40-6)15-26(38)41-7/h8-11,18-20,22-23H,12-16H2,1-4,6-7H3,(H,33,39)(H,34,35). The second kappa shape index (κ2) is 13.1. The SMILES string of the molecule is [C-]#[N+]c1c(CC2C(C)CC(C)CC2C)c2nc(-c3ccc(C)cc3)[nH]n2c1OC(=O)NC(CC(=O)OC)CC(=O)OC. The number of aromatic nitrogens is 3. The average molecular weight is 578 g/mol. The molecule has 1 saturated carbocycles. The van der Waals surface area contributed by atoms with Gasteiger partial charge in [0.2, 0.25) is 5.88 Å². The Bertz CT molecular complexity index is 1450. The summed E-state index contributed by atoms with van der Waals surface area (Å²) in [7, 11) is 2.44. The van der Waals surface area contributed by atoms with Crippen LogP contribution in [0.25, 0.3) is 21.9 Å². The second-order valence-corrected chi connectivity index (χ2v) is 11.5. The van der Waals surface area contributed by atoms with E-state index in [1.54, 1.807) is 0 Å². The number of fused-ring (bicyclic) bond motifs is 1. The summed E-state index contributed by atoms with van der Waals surface area (Å²) in [6, 6.07) is 6.94. The van der Waals surface area contributed by atoms with Crippen LogP contribution in [0.2, 0.25) is 0 Å². The predicted octanol–water partition coefficient (Wildman–Crippen LogP) is 5.63. The van der Waals surface area contributed by atoms with Crippen LogP contribution in [-0.4, -0.2) is 52.9 Å². The van der Waals surface area contributed by atoms with Crippen molar-refractivity contribution in [3.8, 4) is 17.3 Å². The number of esters is 2. The molecular formula is C31H39N5O6. The zero-order chi connectivity index (χ0) is 30.6. The Labute approximate surface area is 245 Å². The summed E-state index contributed by atoms with van der Waals surface area (Å²) in [6.07, 6.45) is 1.39. The molecule has 0 spiro atoms. The first kappa shape index (κ1) is 30.6. The summed E-state index contributed by atoms with van der Waals surface area (Å²) in [5, 5.41) is 5.77. The molecule has 3 aromatic rings. The molecule has 1 aliphatic carbocycles. The van der Waals surface area contributed by atoms with Crippen molar-refractivity contribution in [1.29, 1.82) is 0 Å². The fourth-order valence-corrected chi connectivity index (χ4v) is 6.21. The van der Waals surface area contributed by atoms with E-state index in [-0.39, 0.29) is 24.4 Å². The van der Waals surface area contributed by atoms with E-state index in [0.29, 0.717) is 41.6 Å². The van der Waals surface area contributed by atoms with Gasteiger partial charge in [-0.3, -0.25) is 14.7 Å². The van der Waals surface area contributed by atoms with Crippen LogP contribution in [0.15, 0.2) is 24.3 Å². The topological polar surface area (TPSA) is 128 Å². The minimum absolute atomic E-state index is 0.00210. The molecule has 4 rings (SSSR count). The molecule has 2 heterocycles. The second-order valence-electron chi connectivity index (χ2n) is 11.5. The fraction of sp³-hybridized carbons (Fsp3) is 0.516. The highest BCUT2D eigenvalue weighted by atomic mass is 16.6. The summed E-state index contributed by atoms with van der Waals surface area (Å²) in [6.45, 7) is 16.9. The minimum atomic E-state index is -0.931. The Morgan fingerprint density at radius 2 is 1.67 bits per heavy atom. The van der Waals surface area contributed by atoms with Gasteiger partial charge in [-0.05, 0) is 49.9 Å². The number of carbonyl (C=O) groups is 3. The van der Waals surface area contributed by atoms with Crippen LogP contribution in [0, 0.1) is 37.2 Å². The number of amides is 1. The summed E-state index contributed by atoms with van der Waals surface area (Å²) in [4.78, 5) is 45.6. The molecule has 11 nitrogen and oxygen atoms in total. The number of aryl methyl sites for hydroxylation is 1. The number of carbonyl (C=O) groups excluding carboxylic acids is 3. The molecule has 1 fully saturated rings. The number of aromatic amines is 1. The summed E-state index contributed by atoms with van der Waals surface area (Å²) in [5.41, 5.74) is 3.41. The van der Waals surface area contributed by atoms with Crippen molar-refractivity contribution in [1.82, 2.24) is 19.9 Å². The van der Waals surface area contributed by atoms with Gasteiger partial charge in [-0.1, -0.05) is 50.6 Å². The van der Waals surface area contributed by atoms with Crippen molar-refractivity contribution in [2.24, 2.45) is 23.7 Å². The maximum Gasteiger partial charge on any atom is 0.413 e. The van der Waals surface area contributed by atoms with E-state index >= 15 is 0 Å². The third-order valence-corrected chi connectivity index (χ3v) is 8.29. The monoisotopic (exact) mass is 577 g/mol. The Morgan fingerprint density at radius 3 is 2.21 bits per heavy atom. The van der Waals surface area contributed by atoms with Crippen molar-refractivity contribution < 1.29 is 28.6 Å². The van der Waals surface area contributed by atoms with Crippen LogP contribution in [0.1, 0.15) is 57.6 Å². The maximum atomic E-state index is 13.1. The normalized spacial score (nSPS) is 20.2. The number of nitrogens with one attached hydrogen (secondary N) is 2. The number of hydrogen-bond acceptors (Lipinski definition) is 7. The van der Waals surface area contributed by atoms with Gasteiger partial charge >= 0.3 is 18.0 Å². The number of methoxy groups -OCH3 is 2. The van der Waals surface area contributed by atoms with E-state index in [2.05, 4.69) is 36.0 Å². The summed E-state index contributed by atoms with van der Waals surface area (Å²) < 4.78 is 16.7. The molecule has 2 atom stereocenters. The fourth-order valence-electron chi connectivity index (χ4n) is 6.21. The minimum Gasteiger partial charge on any atom is -0.469 e. The van der Waals surface area contributed by atoms with Gasteiger partial charge in [-0.2, -0.15) is 0 Å². The van der Waals surface area contributed by atoms with Crippen LogP contribution < -0.4 is 10.1 Å². The van der Waals surface area contributed by atoms with Gasteiger partial charge < -0.3 is 19.5 Å². The van der Waals surface area contributed by atoms with Gasteiger partial charge in [0.15, 0.2) is 5.82 Å². The predicted molar refractivity (Wildman–Crippen MR) is 156 cm³/mol. The number of benzene rings is 1. The highest BCUT2D eigenvalue weighted by molar-refractivity contribution is 5.81.